The average molecular weight is 264 g/mol. The molecule has 0 aromatic heterocycles. The fraction of sp³-hybridized carbons (Fsp3) is 0.625. The molecule has 1 aromatic rings. The molecule has 1 N–H and O–H groups in total. The lowest BCUT2D eigenvalue weighted by molar-refractivity contribution is 0.330. The van der Waals surface area contributed by atoms with Gasteiger partial charge in [0, 0.05) is 25.2 Å². The van der Waals surface area contributed by atoms with Gasteiger partial charge in [0.1, 0.15) is 5.82 Å². The van der Waals surface area contributed by atoms with Gasteiger partial charge in [0.25, 0.3) is 0 Å². The summed E-state index contributed by atoms with van der Waals surface area (Å²) in [7, 11) is 0. The fourth-order valence-electron chi connectivity index (χ4n) is 2.95. The van der Waals surface area contributed by atoms with E-state index in [1.807, 2.05) is 13.0 Å². The quantitative estimate of drug-likeness (QED) is 0.900. The Kier molecular flexibility index (Phi) is 4.46. The number of hydrogen-bond acceptors (Lipinski definition) is 2. The Morgan fingerprint density at radius 3 is 2.74 bits per heavy atom. The lowest BCUT2D eigenvalue weighted by Crippen LogP contribution is -2.58. The van der Waals surface area contributed by atoms with Crippen molar-refractivity contribution in [3.63, 3.8) is 0 Å². The summed E-state index contributed by atoms with van der Waals surface area (Å²) >= 11 is 0. The Morgan fingerprint density at radius 2 is 2.16 bits per heavy atom. The molecule has 1 fully saturated rings. The Balaban J connectivity index is 2.36. The maximum atomic E-state index is 14.2. The molecule has 2 nitrogen and oxygen atoms in total. The average Bonchev–Trinajstić information content (AvgIpc) is 2.38. The first kappa shape index (κ1) is 14.3. The summed E-state index contributed by atoms with van der Waals surface area (Å²) in [6.45, 7) is 10.4. The van der Waals surface area contributed by atoms with Crippen LogP contribution >= 0.6 is 0 Å². The summed E-state index contributed by atoms with van der Waals surface area (Å²) in [4.78, 5) is 2.28. The van der Waals surface area contributed by atoms with Gasteiger partial charge in [-0.15, -0.1) is 0 Å². The highest BCUT2D eigenvalue weighted by molar-refractivity contribution is 5.56. The molecular weight excluding hydrogens is 239 g/mol. The number of aryl methyl sites for hydroxylation is 1. The first-order chi connectivity index (χ1) is 9.04. The number of nitrogens with zero attached hydrogens (tertiary/aromatic N) is 1. The van der Waals surface area contributed by atoms with E-state index >= 15 is 0 Å². The lowest BCUT2D eigenvalue weighted by atomic mass is 9.96. The number of nitrogens with one attached hydrogen (secondary N) is 1. The zero-order valence-electron chi connectivity index (χ0n) is 12.4. The van der Waals surface area contributed by atoms with Crippen LogP contribution < -0.4 is 10.2 Å². The number of rotatable bonds is 3. The second kappa shape index (κ2) is 5.91. The minimum absolute atomic E-state index is 0.0950. The number of piperazine rings is 1. The third-order valence-electron chi connectivity index (χ3n) is 4.17. The van der Waals surface area contributed by atoms with Gasteiger partial charge in [-0.2, -0.15) is 0 Å². The molecule has 0 amide bonds. The largest absolute Gasteiger partial charge is 0.363 e. The highest BCUT2D eigenvalue weighted by atomic mass is 19.1. The van der Waals surface area contributed by atoms with Gasteiger partial charge in [0.05, 0.1) is 5.69 Å². The Labute approximate surface area is 116 Å². The molecule has 1 aromatic carbocycles. The summed E-state index contributed by atoms with van der Waals surface area (Å²) in [5.41, 5.74) is 1.82. The molecule has 0 spiro atoms. The SMILES string of the molecule is CCC1CN(c2c(C)cccc2F)C(C(C)C)CN1. The fourth-order valence-corrected chi connectivity index (χ4v) is 2.95. The predicted molar refractivity (Wildman–Crippen MR) is 79.2 cm³/mol. The second-order valence-corrected chi connectivity index (χ2v) is 5.88. The summed E-state index contributed by atoms with van der Waals surface area (Å²) in [6, 6.07) is 6.17. The zero-order valence-corrected chi connectivity index (χ0v) is 12.4. The normalized spacial score (nSPS) is 24.0. The van der Waals surface area contributed by atoms with Crippen molar-refractivity contribution in [2.45, 2.75) is 46.2 Å². The van der Waals surface area contributed by atoms with Crippen molar-refractivity contribution in [2.75, 3.05) is 18.0 Å². The molecule has 2 unspecified atom stereocenters. The highest BCUT2D eigenvalue weighted by Gasteiger charge is 2.31. The van der Waals surface area contributed by atoms with E-state index in [9.17, 15) is 4.39 Å². The van der Waals surface area contributed by atoms with Crippen LogP contribution in [0.5, 0.6) is 0 Å². The standard InChI is InChI=1S/C16H25FN2/c1-5-13-10-19(15(9-18-13)11(2)3)16-12(4)7-6-8-14(16)17/h6-8,11,13,15,18H,5,9-10H2,1-4H3. The minimum atomic E-state index is -0.0950. The number of benzene rings is 1. The summed E-state index contributed by atoms with van der Waals surface area (Å²) < 4.78 is 14.2. The summed E-state index contributed by atoms with van der Waals surface area (Å²) in [5.74, 6) is 0.409. The van der Waals surface area contributed by atoms with E-state index in [2.05, 4.69) is 31.0 Å². The van der Waals surface area contributed by atoms with E-state index in [0.717, 1.165) is 30.8 Å². The van der Waals surface area contributed by atoms with Crippen LogP contribution in [0.15, 0.2) is 18.2 Å². The molecule has 0 bridgehead atoms. The first-order valence-electron chi connectivity index (χ1n) is 7.29. The minimum Gasteiger partial charge on any atom is -0.363 e. The van der Waals surface area contributed by atoms with Crippen LogP contribution in [0.25, 0.3) is 0 Å². The van der Waals surface area contributed by atoms with Gasteiger partial charge < -0.3 is 10.2 Å². The summed E-state index contributed by atoms with van der Waals surface area (Å²) in [6.07, 6.45) is 1.08. The van der Waals surface area contributed by atoms with Crippen molar-refractivity contribution < 1.29 is 4.39 Å². The van der Waals surface area contributed by atoms with E-state index in [1.54, 1.807) is 12.1 Å². The van der Waals surface area contributed by atoms with Crippen LogP contribution in [-0.2, 0) is 0 Å². The van der Waals surface area contributed by atoms with Crippen LogP contribution in [0.4, 0.5) is 10.1 Å². The van der Waals surface area contributed by atoms with E-state index in [1.165, 1.54) is 0 Å². The molecule has 2 rings (SSSR count). The number of para-hydroxylation sites is 1. The van der Waals surface area contributed by atoms with E-state index in [0.29, 0.717) is 18.0 Å². The van der Waals surface area contributed by atoms with Gasteiger partial charge in [-0.3, -0.25) is 0 Å². The lowest BCUT2D eigenvalue weighted by Gasteiger charge is -2.44. The van der Waals surface area contributed by atoms with Gasteiger partial charge in [0.2, 0.25) is 0 Å². The van der Waals surface area contributed by atoms with E-state index < -0.39 is 0 Å². The smallest absolute Gasteiger partial charge is 0.146 e. The molecule has 0 aliphatic carbocycles. The van der Waals surface area contributed by atoms with Crippen LogP contribution in [-0.4, -0.2) is 25.2 Å². The highest BCUT2D eigenvalue weighted by Crippen LogP contribution is 2.29. The van der Waals surface area contributed by atoms with Crippen molar-refractivity contribution in [1.29, 1.82) is 0 Å². The maximum Gasteiger partial charge on any atom is 0.146 e. The molecule has 1 aliphatic heterocycles. The molecule has 0 radical (unpaired) electrons. The maximum absolute atomic E-state index is 14.2. The van der Waals surface area contributed by atoms with Crippen LogP contribution in [0.1, 0.15) is 32.8 Å². The van der Waals surface area contributed by atoms with Crippen molar-refractivity contribution >= 4 is 5.69 Å². The second-order valence-electron chi connectivity index (χ2n) is 5.88. The van der Waals surface area contributed by atoms with Gasteiger partial charge in [-0.25, -0.2) is 4.39 Å². The van der Waals surface area contributed by atoms with Crippen molar-refractivity contribution in [2.24, 2.45) is 5.92 Å². The molecule has 0 saturated carbocycles. The van der Waals surface area contributed by atoms with E-state index in [-0.39, 0.29) is 5.82 Å². The summed E-state index contributed by atoms with van der Waals surface area (Å²) in [5, 5.41) is 3.57. The molecular formula is C16H25FN2. The third-order valence-corrected chi connectivity index (χ3v) is 4.17. The van der Waals surface area contributed by atoms with Crippen molar-refractivity contribution in [3.05, 3.63) is 29.6 Å². The molecule has 1 saturated heterocycles. The molecule has 3 heteroatoms. The number of anilines is 1. The van der Waals surface area contributed by atoms with Gasteiger partial charge >= 0.3 is 0 Å². The number of halogens is 1. The van der Waals surface area contributed by atoms with E-state index in [4.69, 9.17) is 0 Å². The molecule has 106 valence electrons. The molecule has 2 atom stereocenters. The van der Waals surface area contributed by atoms with Crippen molar-refractivity contribution in [3.8, 4) is 0 Å². The van der Waals surface area contributed by atoms with Crippen LogP contribution in [0, 0.1) is 18.7 Å². The first-order valence-corrected chi connectivity index (χ1v) is 7.29. The van der Waals surface area contributed by atoms with Crippen LogP contribution in [0.3, 0.4) is 0 Å². The zero-order chi connectivity index (χ0) is 14.0. The topological polar surface area (TPSA) is 15.3 Å². The Bertz CT molecular complexity index is 411. The Hall–Kier alpha value is -1.09. The molecule has 1 heterocycles. The van der Waals surface area contributed by atoms with Crippen molar-refractivity contribution in [1.82, 2.24) is 5.32 Å². The Morgan fingerprint density at radius 1 is 1.42 bits per heavy atom. The van der Waals surface area contributed by atoms with Gasteiger partial charge in [-0.05, 0) is 30.9 Å². The molecule has 19 heavy (non-hydrogen) atoms. The molecule has 1 aliphatic rings. The number of hydrogen-bond donors (Lipinski definition) is 1. The van der Waals surface area contributed by atoms with Gasteiger partial charge in [-0.1, -0.05) is 32.9 Å². The third kappa shape index (κ3) is 2.92. The monoisotopic (exact) mass is 264 g/mol. The predicted octanol–water partition coefficient (Wildman–Crippen LogP) is 3.35. The van der Waals surface area contributed by atoms with Gasteiger partial charge in [0.15, 0.2) is 0 Å². The van der Waals surface area contributed by atoms with Crippen LogP contribution in [0.2, 0.25) is 0 Å².